The molecule has 0 amide bonds. The van der Waals surface area contributed by atoms with Crippen LogP contribution >= 0.6 is 11.3 Å². The van der Waals surface area contributed by atoms with Crippen LogP contribution in [0, 0.1) is 0 Å². The Balaban J connectivity index is 1.73. The molecule has 1 unspecified atom stereocenters. The summed E-state index contributed by atoms with van der Waals surface area (Å²) in [6, 6.07) is 4.05. The fourth-order valence-electron chi connectivity index (χ4n) is 2.13. The van der Waals surface area contributed by atoms with Crippen LogP contribution < -0.4 is 16.1 Å². The van der Waals surface area contributed by atoms with Crippen molar-refractivity contribution in [1.29, 1.82) is 0 Å². The summed E-state index contributed by atoms with van der Waals surface area (Å²) in [6.07, 6.45) is 10.2. The van der Waals surface area contributed by atoms with Crippen LogP contribution in [0.4, 0.5) is 0 Å². The molecule has 0 aliphatic carbocycles. The summed E-state index contributed by atoms with van der Waals surface area (Å²) in [7, 11) is 0. The Bertz CT molecular complexity index is 570. The lowest BCUT2D eigenvalue weighted by Crippen LogP contribution is -2.36. The molecule has 3 rings (SSSR count). The van der Waals surface area contributed by atoms with Crippen LogP contribution in [-0.4, -0.2) is 23.8 Å². The third kappa shape index (κ3) is 2.55. The molecule has 0 saturated heterocycles. The standard InChI is InChI=1S/C14H17N5S/c1-2-15-14-13(17-12-7-3-4-8-19(12)14)18-16-10-11-6-5-9-20-11/h3-10,12,15,17-18H,2H2,1H3/b16-10+. The quantitative estimate of drug-likeness (QED) is 0.570. The van der Waals surface area contributed by atoms with Crippen molar-refractivity contribution in [2.45, 2.75) is 13.1 Å². The van der Waals surface area contributed by atoms with Gasteiger partial charge in [0.2, 0.25) is 0 Å². The Hall–Kier alpha value is -2.21. The minimum Gasteiger partial charge on any atom is -0.369 e. The van der Waals surface area contributed by atoms with E-state index < -0.39 is 0 Å². The van der Waals surface area contributed by atoms with Crippen molar-refractivity contribution >= 4 is 17.6 Å². The second-order valence-corrected chi connectivity index (χ2v) is 5.34. The van der Waals surface area contributed by atoms with E-state index in [9.17, 15) is 0 Å². The minimum absolute atomic E-state index is 0.147. The van der Waals surface area contributed by atoms with E-state index >= 15 is 0 Å². The molecule has 3 N–H and O–H groups in total. The van der Waals surface area contributed by atoms with Crippen LogP contribution in [-0.2, 0) is 0 Å². The average Bonchev–Trinajstić information content (AvgIpc) is 3.08. The van der Waals surface area contributed by atoms with E-state index in [0.29, 0.717) is 0 Å². The topological polar surface area (TPSA) is 51.7 Å². The molecule has 2 aliphatic heterocycles. The molecule has 0 radical (unpaired) electrons. The normalized spacial score (nSPS) is 20.4. The zero-order chi connectivity index (χ0) is 13.8. The summed E-state index contributed by atoms with van der Waals surface area (Å²) in [5, 5.41) is 13.1. The Morgan fingerprint density at radius 3 is 3.25 bits per heavy atom. The Morgan fingerprint density at radius 2 is 2.45 bits per heavy atom. The number of allylic oxidation sites excluding steroid dienone is 2. The SMILES string of the molecule is CCNC1=C(N/N=C/c2cccs2)NC2C=CC=CN12. The fourth-order valence-corrected chi connectivity index (χ4v) is 2.72. The first-order valence-corrected chi connectivity index (χ1v) is 7.47. The number of rotatable bonds is 5. The van der Waals surface area contributed by atoms with Crippen LogP contribution in [0.1, 0.15) is 11.8 Å². The maximum atomic E-state index is 4.29. The van der Waals surface area contributed by atoms with Crippen LogP contribution in [0.25, 0.3) is 0 Å². The summed E-state index contributed by atoms with van der Waals surface area (Å²) in [4.78, 5) is 3.27. The number of hydrazone groups is 1. The Labute approximate surface area is 122 Å². The van der Waals surface area contributed by atoms with E-state index in [0.717, 1.165) is 23.1 Å². The molecule has 1 atom stereocenters. The number of thiophene rings is 1. The van der Waals surface area contributed by atoms with Crippen LogP contribution in [0.3, 0.4) is 0 Å². The Kier molecular flexibility index (Phi) is 3.73. The van der Waals surface area contributed by atoms with Gasteiger partial charge in [0.25, 0.3) is 0 Å². The predicted molar refractivity (Wildman–Crippen MR) is 82.8 cm³/mol. The molecule has 0 spiro atoms. The van der Waals surface area contributed by atoms with Crippen molar-refractivity contribution in [2.24, 2.45) is 5.10 Å². The molecule has 0 aromatic carbocycles. The van der Waals surface area contributed by atoms with Crippen molar-refractivity contribution in [3.05, 3.63) is 58.5 Å². The highest BCUT2D eigenvalue weighted by atomic mass is 32.1. The lowest BCUT2D eigenvalue weighted by Gasteiger charge is -2.24. The maximum Gasteiger partial charge on any atom is 0.163 e. The molecule has 6 heteroatoms. The fraction of sp³-hybridized carbons (Fsp3) is 0.214. The number of fused-ring (bicyclic) bond motifs is 1. The number of hydrogen-bond acceptors (Lipinski definition) is 6. The van der Waals surface area contributed by atoms with E-state index in [2.05, 4.69) is 39.1 Å². The smallest absolute Gasteiger partial charge is 0.163 e. The van der Waals surface area contributed by atoms with Gasteiger partial charge in [0.15, 0.2) is 11.6 Å². The van der Waals surface area contributed by atoms with E-state index in [1.54, 1.807) is 11.3 Å². The van der Waals surface area contributed by atoms with Gasteiger partial charge >= 0.3 is 0 Å². The zero-order valence-electron chi connectivity index (χ0n) is 11.2. The summed E-state index contributed by atoms with van der Waals surface area (Å²) in [5.74, 6) is 1.90. The minimum atomic E-state index is 0.147. The predicted octanol–water partition coefficient (Wildman–Crippen LogP) is 1.72. The molecule has 0 fully saturated rings. The van der Waals surface area contributed by atoms with Gasteiger partial charge in [-0.1, -0.05) is 12.1 Å². The largest absolute Gasteiger partial charge is 0.369 e. The van der Waals surface area contributed by atoms with Gasteiger partial charge in [-0.2, -0.15) is 5.10 Å². The molecular weight excluding hydrogens is 270 g/mol. The van der Waals surface area contributed by atoms with Gasteiger partial charge in [-0.15, -0.1) is 11.3 Å². The third-order valence-electron chi connectivity index (χ3n) is 2.99. The molecule has 1 aromatic heterocycles. The summed E-state index contributed by atoms with van der Waals surface area (Å²) in [6.45, 7) is 2.94. The molecule has 20 heavy (non-hydrogen) atoms. The summed E-state index contributed by atoms with van der Waals surface area (Å²) in [5.41, 5.74) is 3.08. The second-order valence-electron chi connectivity index (χ2n) is 4.36. The van der Waals surface area contributed by atoms with Crippen molar-refractivity contribution in [3.63, 3.8) is 0 Å². The van der Waals surface area contributed by atoms with Crippen molar-refractivity contribution < 1.29 is 0 Å². The molecule has 0 saturated carbocycles. The van der Waals surface area contributed by atoms with Gasteiger partial charge in [0.05, 0.1) is 6.21 Å². The van der Waals surface area contributed by atoms with E-state index in [-0.39, 0.29) is 6.17 Å². The summed E-state index contributed by atoms with van der Waals surface area (Å²) < 4.78 is 0. The molecule has 2 aliphatic rings. The number of nitrogens with zero attached hydrogens (tertiary/aromatic N) is 2. The average molecular weight is 287 g/mol. The van der Waals surface area contributed by atoms with Gasteiger partial charge in [-0.25, -0.2) is 0 Å². The molecule has 1 aromatic rings. The van der Waals surface area contributed by atoms with Gasteiger partial charge in [0.1, 0.15) is 6.17 Å². The molecule has 0 bridgehead atoms. The molecule has 3 heterocycles. The van der Waals surface area contributed by atoms with E-state index in [1.165, 1.54) is 0 Å². The van der Waals surface area contributed by atoms with Crippen molar-refractivity contribution in [1.82, 2.24) is 21.0 Å². The van der Waals surface area contributed by atoms with Crippen LogP contribution in [0.2, 0.25) is 0 Å². The van der Waals surface area contributed by atoms with Gasteiger partial charge in [-0.3, -0.25) is 5.43 Å². The zero-order valence-corrected chi connectivity index (χ0v) is 12.0. The first kappa shape index (κ1) is 12.8. The van der Waals surface area contributed by atoms with Crippen LogP contribution in [0.5, 0.6) is 0 Å². The molecule has 5 nitrogen and oxygen atoms in total. The first-order chi connectivity index (χ1) is 9.88. The highest BCUT2D eigenvalue weighted by Gasteiger charge is 2.28. The monoisotopic (exact) mass is 287 g/mol. The molecule has 104 valence electrons. The Morgan fingerprint density at radius 1 is 1.50 bits per heavy atom. The number of nitrogens with one attached hydrogen (secondary N) is 3. The van der Waals surface area contributed by atoms with Gasteiger partial charge < -0.3 is 15.5 Å². The van der Waals surface area contributed by atoms with Gasteiger partial charge in [-0.05, 0) is 30.5 Å². The highest BCUT2D eigenvalue weighted by molar-refractivity contribution is 7.11. The van der Waals surface area contributed by atoms with E-state index in [4.69, 9.17) is 0 Å². The number of hydrogen-bond donors (Lipinski definition) is 3. The van der Waals surface area contributed by atoms with E-state index in [1.807, 2.05) is 42.1 Å². The summed E-state index contributed by atoms with van der Waals surface area (Å²) >= 11 is 1.66. The lowest BCUT2D eigenvalue weighted by molar-refractivity contribution is 0.378. The second kappa shape index (κ2) is 5.83. The van der Waals surface area contributed by atoms with Gasteiger partial charge in [0, 0.05) is 17.6 Å². The van der Waals surface area contributed by atoms with Crippen molar-refractivity contribution in [3.8, 4) is 0 Å². The lowest BCUT2D eigenvalue weighted by atomic mass is 10.3. The maximum absolute atomic E-state index is 4.29. The first-order valence-electron chi connectivity index (χ1n) is 6.59. The van der Waals surface area contributed by atoms with Crippen molar-refractivity contribution in [2.75, 3.05) is 6.54 Å². The van der Waals surface area contributed by atoms with Crippen LogP contribution in [0.15, 0.2) is 58.7 Å². The highest BCUT2D eigenvalue weighted by Crippen LogP contribution is 2.20. The molecular formula is C14H17N5S. The third-order valence-corrected chi connectivity index (χ3v) is 3.80.